The molecule has 0 aliphatic carbocycles. The zero-order valence-corrected chi connectivity index (χ0v) is 19.1. The van der Waals surface area contributed by atoms with Gasteiger partial charge in [0.15, 0.2) is 0 Å². The number of ether oxygens (including phenoxy) is 2. The van der Waals surface area contributed by atoms with Crippen LogP contribution in [0, 0.1) is 5.82 Å². The standard InChI is InChI=1S/C25H26F3N3O3/c1-15(17-5-4-6-18(22(17)26)23(27)28)30-21-9-11-29-20-8-7-16(13-19(20)21)25(34-3)10-12-31(14-25)24(32)33-2/h4-9,11,13,15,23H,10,12,14H2,1-3H3,(H,29,30)/t15-,25+/m1/s1. The Labute approximate surface area is 195 Å². The summed E-state index contributed by atoms with van der Waals surface area (Å²) in [6.07, 6.45) is -1.08. The Bertz CT molecular complexity index is 1210. The van der Waals surface area contributed by atoms with Crippen molar-refractivity contribution in [3.63, 3.8) is 0 Å². The van der Waals surface area contributed by atoms with E-state index in [4.69, 9.17) is 9.47 Å². The van der Waals surface area contributed by atoms with Crippen LogP contribution in [0.15, 0.2) is 48.7 Å². The monoisotopic (exact) mass is 473 g/mol. The van der Waals surface area contributed by atoms with Crippen LogP contribution in [0.2, 0.25) is 0 Å². The predicted octanol–water partition coefficient (Wildman–Crippen LogP) is 5.80. The Balaban J connectivity index is 1.69. The highest BCUT2D eigenvalue weighted by Gasteiger charge is 2.42. The van der Waals surface area contributed by atoms with Crippen LogP contribution in [-0.4, -0.2) is 43.3 Å². The number of hydrogen-bond donors (Lipinski definition) is 1. The smallest absolute Gasteiger partial charge is 0.409 e. The maximum Gasteiger partial charge on any atom is 0.409 e. The number of carbonyl (C=O) groups is 1. The first-order valence-electron chi connectivity index (χ1n) is 10.9. The van der Waals surface area contributed by atoms with Gasteiger partial charge in [-0.3, -0.25) is 4.98 Å². The predicted molar refractivity (Wildman–Crippen MR) is 122 cm³/mol. The van der Waals surface area contributed by atoms with E-state index in [0.717, 1.165) is 17.0 Å². The number of rotatable bonds is 6. The van der Waals surface area contributed by atoms with Gasteiger partial charge in [0.1, 0.15) is 11.4 Å². The van der Waals surface area contributed by atoms with E-state index in [0.29, 0.717) is 30.7 Å². The van der Waals surface area contributed by atoms with Crippen LogP contribution in [0.1, 0.15) is 42.5 Å². The summed E-state index contributed by atoms with van der Waals surface area (Å²) in [5.41, 5.74) is 1.07. The molecule has 1 N–H and O–H groups in total. The third-order valence-corrected chi connectivity index (χ3v) is 6.46. The summed E-state index contributed by atoms with van der Waals surface area (Å²) in [5, 5.41) is 4.01. The average molecular weight is 473 g/mol. The molecule has 1 aromatic heterocycles. The van der Waals surface area contributed by atoms with Gasteiger partial charge in [0.25, 0.3) is 6.43 Å². The number of alkyl halides is 2. The van der Waals surface area contributed by atoms with Crippen LogP contribution in [0.3, 0.4) is 0 Å². The molecular weight excluding hydrogens is 447 g/mol. The zero-order chi connectivity index (χ0) is 24.5. The van der Waals surface area contributed by atoms with Gasteiger partial charge in [-0.2, -0.15) is 0 Å². The maximum atomic E-state index is 14.7. The summed E-state index contributed by atoms with van der Waals surface area (Å²) in [4.78, 5) is 18.0. The molecule has 4 rings (SSSR count). The summed E-state index contributed by atoms with van der Waals surface area (Å²) in [6.45, 7) is 2.55. The molecule has 34 heavy (non-hydrogen) atoms. The van der Waals surface area contributed by atoms with Crippen molar-refractivity contribution < 1.29 is 27.4 Å². The lowest BCUT2D eigenvalue weighted by Gasteiger charge is -2.29. The average Bonchev–Trinajstić information content (AvgIpc) is 3.29. The van der Waals surface area contributed by atoms with Crippen molar-refractivity contribution in [2.75, 3.05) is 32.6 Å². The van der Waals surface area contributed by atoms with Gasteiger partial charge in [0.05, 0.1) is 30.8 Å². The summed E-state index contributed by atoms with van der Waals surface area (Å²) in [6, 6.07) is 10.9. The molecule has 9 heteroatoms. The summed E-state index contributed by atoms with van der Waals surface area (Å²) in [5.74, 6) is -0.913. The summed E-state index contributed by atoms with van der Waals surface area (Å²) >= 11 is 0. The molecule has 2 atom stereocenters. The number of anilines is 1. The van der Waals surface area contributed by atoms with Crippen LogP contribution in [0.25, 0.3) is 10.9 Å². The first kappa shape index (κ1) is 23.8. The van der Waals surface area contributed by atoms with E-state index in [1.54, 1.807) is 31.2 Å². The number of halogens is 3. The van der Waals surface area contributed by atoms with E-state index in [1.165, 1.54) is 19.2 Å². The van der Waals surface area contributed by atoms with E-state index in [1.807, 2.05) is 18.2 Å². The Morgan fingerprint density at radius 3 is 2.65 bits per heavy atom. The molecule has 0 unspecified atom stereocenters. The van der Waals surface area contributed by atoms with Crippen molar-refractivity contribution in [1.29, 1.82) is 0 Å². The van der Waals surface area contributed by atoms with E-state index in [-0.39, 0.29) is 5.56 Å². The highest BCUT2D eigenvalue weighted by atomic mass is 19.3. The SMILES string of the molecule is COC(=O)N1CC[C@@](OC)(c2ccc3nccc(N[C@H](C)c4cccc(C(F)F)c4F)c3c2)C1. The van der Waals surface area contributed by atoms with E-state index in [9.17, 15) is 18.0 Å². The first-order valence-corrected chi connectivity index (χ1v) is 10.9. The third-order valence-electron chi connectivity index (χ3n) is 6.46. The fraction of sp³-hybridized carbons (Fsp3) is 0.360. The Hall–Kier alpha value is -3.33. The zero-order valence-electron chi connectivity index (χ0n) is 19.1. The number of amides is 1. The van der Waals surface area contributed by atoms with Gasteiger partial charge in [-0.15, -0.1) is 0 Å². The molecule has 3 aromatic rings. The molecule has 2 aromatic carbocycles. The summed E-state index contributed by atoms with van der Waals surface area (Å²) < 4.78 is 51.7. The number of benzene rings is 2. The second-order valence-electron chi connectivity index (χ2n) is 8.35. The maximum absolute atomic E-state index is 14.7. The Kier molecular flexibility index (Phi) is 6.65. The lowest BCUT2D eigenvalue weighted by atomic mass is 9.91. The number of pyridine rings is 1. The van der Waals surface area contributed by atoms with Gasteiger partial charge in [0.2, 0.25) is 0 Å². The lowest BCUT2D eigenvalue weighted by Crippen LogP contribution is -2.35. The molecule has 0 saturated carbocycles. The van der Waals surface area contributed by atoms with E-state index >= 15 is 0 Å². The van der Waals surface area contributed by atoms with Crippen LogP contribution in [0.4, 0.5) is 23.7 Å². The second-order valence-corrected chi connectivity index (χ2v) is 8.35. The van der Waals surface area contributed by atoms with Crippen molar-refractivity contribution in [2.24, 2.45) is 0 Å². The van der Waals surface area contributed by atoms with Gasteiger partial charge in [-0.25, -0.2) is 18.0 Å². The van der Waals surface area contributed by atoms with Crippen molar-refractivity contribution in [3.8, 4) is 0 Å². The van der Waals surface area contributed by atoms with E-state index < -0.39 is 35.5 Å². The van der Waals surface area contributed by atoms with Gasteiger partial charge in [-0.1, -0.05) is 24.3 Å². The number of methoxy groups -OCH3 is 2. The van der Waals surface area contributed by atoms with Crippen molar-refractivity contribution in [3.05, 3.63) is 71.2 Å². The normalized spacial score (nSPS) is 19.0. The quantitative estimate of drug-likeness (QED) is 0.490. The van der Waals surface area contributed by atoms with Crippen molar-refractivity contribution in [1.82, 2.24) is 9.88 Å². The van der Waals surface area contributed by atoms with Crippen LogP contribution >= 0.6 is 0 Å². The minimum absolute atomic E-state index is 0.150. The van der Waals surface area contributed by atoms with E-state index in [2.05, 4.69) is 10.3 Å². The molecule has 180 valence electrons. The van der Waals surface area contributed by atoms with Gasteiger partial charge in [-0.05, 0) is 30.7 Å². The van der Waals surface area contributed by atoms with Crippen LogP contribution < -0.4 is 5.32 Å². The molecule has 1 aliphatic heterocycles. The molecule has 1 saturated heterocycles. The van der Waals surface area contributed by atoms with Gasteiger partial charge in [0, 0.05) is 42.9 Å². The first-order chi connectivity index (χ1) is 16.3. The molecule has 2 heterocycles. The molecule has 0 bridgehead atoms. The van der Waals surface area contributed by atoms with Gasteiger partial charge >= 0.3 is 6.09 Å². The van der Waals surface area contributed by atoms with Crippen LogP contribution in [-0.2, 0) is 15.1 Å². The molecular formula is C25H26F3N3O3. The Morgan fingerprint density at radius 1 is 1.18 bits per heavy atom. The number of nitrogens with zero attached hydrogens (tertiary/aromatic N) is 2. The minimum atomic E-state index is -2.89. The molecule has 1 amide bonds. The lowest BCUT2D eigenvalue weighted by molar-refractivity contribution is -0.00536. The second kappa shape index (κ2) is 9.50. The summed E-state index contributed by atoms with van der Waals surface area (Å²) in [7, 11) is 2.95. The number of hydrogen-bond acceptors (Lipinski definition) is 5. The minimum Gasteiger partial charge on any atom is -0.453 e. The van der Waals surface area contributed by atoms with Crippen molar-refractivity contribution in [2.45, 2.75) is 31.4 Å². The third kappa shape index (κ3) is 4.27. The number of carbonyl (C=O) groups excluding carboxylic acids is 1. The largest absolute Gasteiger partial charge is 0.453 e. The highest BCUT2D eigenvalue weighted by Crippen LogP contribution is 2.38. The number of nitrogens with one attached hydrogen (secondary N) is 1. The van der Waals surface area contributed by atoms with Crippen molar-refractivity contribution >= 4 is 22.7 Å². The molecule has 1 aliphatic rings. The van der Waals surface area contributed by atoms with Crippen LogP contribution in [0.5, 0.6) is 0 Å². The Morgan fingerprint density at radius 2 is 1.94 bits per heavy atom. The molecule has 0 spiro atoms. The topological polar surface area (TPSA) is 63.7 Å². The number of likely N-dealkylation sites (tertiary alicyclic amines) is 1. The molecule has 0 radical (unpaired) electrons. The molecule has 6 nitrogen and oxygen atoms in total. The number of aromatic nitrogens is 1. The number of fused-ring (bicyclic) bond motifs is 1. The highest BCUT2D eigenvalue weighted by molar-refractivity contribution is 5.91. The fourth-order valence-corrected chi connectivity index (χ4v) is 4.52. The van der Waals surface area contributed by atoms with Gasteiger partial charge < -0.3 is 19.7 Å². The molecule has 1 fully saturated rings. The fourth-order valence-electron chi connectivity index (χ4n) is 4.52.